The van der Waals surface area contributed by atoms with Gasteiger partial charge in [0.1, 0.15) is 11.3 Å². The van der Waals surface area contributed by atoms with Crippen LogP contribution < -0.4 is 0 Å². The van der Waals surface area contributed by atoms with E-state index < -0.39 is 15.6 Å². The Labute approximate surface area is 156 Å². The van der Waals surface area contributed by atoms with E-state index in [0.29, 0.717) is 40.9 Å². The van der Waals surface area contributed by atoms with Gasteiger partial charge in [-0.2, -0.15) is 9.46 Å². The van der Waals surface area contributed by atoms with Gasteiger partial charge in [0.15, 0.2) is 0 Å². The molecular formula is C17H21N5O4S. The van der Waals surface area contributed by atoms with E-state index in [2.05, 4.69) is 14.6 Å². The van der Waals surface area contributed by atoms with Gasteiger partial charge in [0.05, 0.1) is 45.3 Å². The molecule has 2 aliphatic rings. The predicted octanol–water partition coefficient (Wildman–Crippen LogP) is 1.72. The average molecular weight is 391 g/mol. The van der Waals surface area contributed by atoms with Crippen molar-refractivity contribution in [3.63, 3.8) is 0 Å². The first-order valence-corrected chi connectivity index (χ1v) is 10.7. The van der Waals surface area contributed by atoms with Gasteiger partial charge in [0, 0.05) is 25.6 Å². The molecule has 0 radical (unpaired) electrons. The zero-order valence-electron chi connectivity index (χ0n) is 15.5. The van der Waals surface area contributed by atoms with Crippen molar-refractivity contribution < 1.29 is 18.3 Å². The topological polar surface area (TPSA) is 111 Å². The number of carbonyl (C=O) groups excluding carboxylic acids is 2. The number of amides is 2. The van der Waals surface area contributed by atoms with Gasteiger partial charge < -0.3 is 9.42 Å². The second kappa shape index (κ2) is 6.29. The van der Waals surface area contributed by atoms with Crippen molar-refractivity contribution in [2.75, 3.05) is 12.8 Å². The molecule has 4 rings (SSSR count). The van der Waals surface area contributed by atoms with E-state index in [-0.39, 0.29) is 12.5 Å². The van der Waals surface area contributed by atoms with Crippen molar-refractivity contribution in [2.24, 2.45) is 4.36 Å². The standard InChI is InChI=1S/C17H21N5O4S/c1-10-15(16(19-26-10)12-4-5-12)17(24)21-6-7-22-13(9-21)14(8-18-22)27(3,25)20-11(2)23/h8,12H,4-7,9H2,1-3H3. The molecule has 2 aromatic heterocycles. The Morgan fingerprint density at radius 2 is 2.07 bits per heavy atom. The quantitative estimate of drug-likeness (QED) is 0.788. The fourth-order valence-electron chi connectivity index (χ4n) is 3.45. The van der Waals surface area contributed by atoms with E-state index in [0.717, 1.165) is 18.5 Å². The first-order valence-electron chi connectivity index (χ1n) is 8.81. The van der Waals surface area contributed by atoms with Crippen molar-refractivity contribution in [1.29, 1.82) is 0 Å². The van der Waals surface area contributed by atoms with E-state index in [1.54, 1.807) is 16.5 Å². The molecule has 2 amide bonds. The second-order valence-electron chi connectivity index (χ2n) is 7.09. The van der Waals surface area contributed by atoms with Gasteiger partial charge in [-0.25, -0.2) is 4.21 Å². The largest absolute Gasteiger partial charge is 0.361 e. The van der Waals surface area contributed by atoms with Crippen molar-refractivity contribution >= 4 is 21.5 Å². The second-order valence-corrected chi connectivity index (χ2v) is 9.32. The molecule has 27 heavy (non-hydrogen) atoms. The maximum Gasteiger partial charge on any atom is 0.259 e. The summed E-state index contributed by atoms with van der Waals surface area (Å²) in [5, 5.41) is 8.34. The highest BCUT2D eigenvalue weighted by Gasteiger charge is 2.36. The summed E-state index contributed by atoms with van der Waals surface area (Å²) in [4.78, 5) is 26.6. The van der Waals surface area contributed by atoms with Crippen LogP contribution in [-0.2, 0) is 27.6 Å². The van der Waals surface area contributed by atoms with Crippen LogP contribution in [0.4, 0.5) is 0 Å². The van der Waals surface area contributed by atoms with Gasteiger partial charge in [-0.1, -0.05) is 5.16 Å². The van der Waals surface area contributed by atoms with Crippen molar-refractivity contribution in [1.82, 2.24) is 19.8 Å². The highest BCUT2D eigenvalue weighted by molar-refractivity contribution is 7.93. The molecule has 10 heteroatoms. The molecule has 1 fully saturated rings. The molecule has 1 unspecified atom stereocenters. The van der Waals surface area contributed by atoms with Crippen molar-refractivity contribution in [3.05, 3.63) is 28.9 Å². The minimum Gasteiger partial charge on any atom is -0.361 e. The Balaban J connectivity index is 1.67. The fourth-order valence-corrected chi connectivity index (χ4v) is 4.89. The van der Waals surface area contributed by atoms with Crippen LogP contribution >= 0.6 is 0 Å². The highest BCUT2D eigenvalue weighted by atomic mass is 32.2. The molecule has 0 aromatic carbocycles. The lowest BCUT2D eigenvalue weighted by atomic mass is 10.1. The molecule has 9 nitrogen and oxygen atoms in total. The molecule has 144 valence electrons. The number of hydrogen-bond donors (Lipinski definition) is 0. The van der Waals surface area contributed by atoms with Gasteiger partial charge in [-0.3, -0.25) is 14.3 Å². The third-order valence-electron chi connectivity index (χ3n) is 4.90. The van der Waals surface area contributed by atoms with E-state index in [9.17, 15) is 13.8 Å². The fraction of sp³-hybridized carbons (Fsp3) is 0.529. The Morgan fingerprint density at radius 3 is 2.74 bits per heavy atom. The Morgan fingerprint density at radius 1 is 1.33 bits per heavy atom. The molecule has 0 bridgehead atoms. The average Bonchev–Trinajstić information content (AvgIpc) is 3.22. The van der Waals surface area contributed by atoms with Gasteiger partial charge in [-0.15, -0.1) is 0 Å². The zero-order valence-corrected chi connectivity index (χ0v) is 16.3. The van der Waals surface area contributed by atoms with E-state index in [4.69, 9.17) is 4.52 Å². The first kappa shape index (κ1) is 17.9. The number of hydrogen-bond acceptors (Lipinski definition) is 6. The maximum absolute atomic E-state index is 13.2. The zero-order chi connectivity index (χ0) is 19.3. The van der Waals surface area contributed by atoms with Crippen LogP contribution in [0.25, 0.3) is 0 Å². The SMILES string of the molecule is CC(=O)N=S(C)(=O)c1cnn2c1CN(C(=O)c1c(C3CC3)noc1C)CC2. The summed E-state index contributed by atoms with van der Waals surface area (Å²) in [5.74, 6) is 0.184. The summed E-state index contributed by atoms with van der Waals surface area (Å²) in [6.45, 7) is 4.23. The number of rotatable bonds is 3. The molecule has 0 saturated heterocycles. The summed E-state index contributed by atoms with van der Waals surface area (Å²) >= 11 is 0. The van der Waals surface area contributed by atoms with E-state index in [1.807, 2.05) is 0 Å². The Bertz CT molecular complexity index is 1060. The van der Waals surface area contributed by atoms with Crippen LogP contribution in [0.1, 0.15) is 53.2 Å². The molecule has 1 aliphatic heterocycles. The molecule has 2 aromatic rings. The van der Waals surface area contributed by atoms with Crippen molar-refractivity contribution in [3.8, 4) is 0 Å². The molecular weight excluding hydrogens is 370 g/mol. The number of nitrogens with zero attached hydrogens (tertiary/aromatic N) is 5. The Hall–Kier alpha value is -2.49. The number of carbonyl (C=O) groups is 2. The third kappa shape index (κ3) is 3.18. The van der Waals surface area contributed by atoms with E-state index >= 15 is 0 Å². The van der Waals surface area contributed by atoms with Gasteiger partial charge in [-0.05, 0) is 19.8 Å². The molecule has 0 spiro atoms. The molecule has 1 aliphatic carbocycles. The molecule has 3 heterocycles. The third-order valence-corrected chi connectivity index (χ3v) is 6.66. The lowest BCUT2D eigenvalue weighted by Crippen LogP contribution is -2.39. The predicted molar refractivity (Wildman–Crippen MR) is 95.6 cm³/mol. The van der Waals surface area contributed by atoms with Crippen LogP contribution in [-0.4, -0.2) is 48.7 Å². The van der Waals surface area contributed by atoms with Crippen molar-refractivity contribution in [2.45, 2.75) is 50.6 Å². The monoisotopic (exact) mass is 391 g/mol. The number of fused-ring (bicyclic) bond motifs is 1. The summed E-state index contributed by atoms with van der Waals surface area (Å²) in [6.07, 6.45) is 4.95. The Kier molecular flexibility index (Phi) is 4.17. The van der Waals surface area contributed by atoms with Gasteiger partial charge in [0.2, 0.25) is 0 Å². The maximum atomic E-state index is 13.2. The van der Waals surface area contributed by atoms with Crippen LogP contribution in [0.15, 0.2) is 20.0 Å². The minimum absolute atomic E-state index is 0.139. The number of aromatic nitrogens is 3. The van der Waals surface area contributed by atoms with Gasteiger partial charge >= 0.3 is 0 Å². The summed E-state index contributed by atoms with van der Waals surface area (Å²) < 4.78 is 23.6. The molecule has 0 N–H and O–H groups in total. The number of aryl methyl sites for hydroxylation is 1. The van der Waals surface area contributed by atoms with Crippen LogP contribution in [0.5, 0.6) is 0 Å². The normalized spacial score (nSPS) is 18.7. The lowest BCUT2D eigenvalue weighted by Gasteiger charge is -2.28. The summed E-state index contributed by atoms with van der Waals surface area (Å²) in [5.41, 5.74) is 1.93. The molecule has 1 saturated carbocycles. The van der Waals surface area contributed by atoms with Gasteiger partial charge in [0.25, 0.3) is 11.8 Å². The lowest BCUT2D eigenvalue weighted by molar-refractivity contribution is -0.115. The highest BCUT2D eigenvalue weighted by Crippen LogP contribution is 2.42. The molecule has 1 atom stereocenters. The summed E-state index contributed by atoms with van der Waals surface area (Å²) in [6, 6.07) is 0. The smallest absolute Gasteiger partial charge is 0.259 e. The summed E-state index contributed by atoms with van der Waals surface area (Å²) in [7, 11) is -2.91. The van der Waals surface area contributed by atoms with Crippen LogP contribution in [0, 0.1) is 6.92 Å². The van der Waals surface area contributed by atoms with Crippen LogP contribution in [0.3, 0.4) is 0 Å². The van der Waals surface area contributed by atoms with E-state index in [1.165, 1.54) is 19.4 Å². The van der Waals surface area contributed by atoms with Crippen LogP contribution in [0.2, 0.25) is 0 Å². The first-order chi connectivity index (χ1) is 12.8. The minimum atomic E-state index is -2.91.